The number of methoxy groups -OCH3 is 1. The Morgan fingerprint density at radius 1 is 1.61 bits per heavy atom. The van der Waals surface area contributed by atoms with E-state index in [0.717, 1.165) is 17.1 Å². The van der Waals surface area contributed by atoms with Crippen LogP contribution in [0.4, 0.5) is 0 Å². The lowest BCUT2D eigenvalue weighted by atomic mass is 10.0. The second-order valence-corrected chi connectivity index (χ2v) is 6.00. The van der Waals surface area contributed by atoms with Crippen molar-refractivity contribution in [3.63, 3.8) is 0 Å². The summed E-state index contributed by atoms with van der Waals surface area (Å²) < 4.78 is 5.17. The molecular formula is C13H17NO3S. The second kappa shape index (κ2) is 5.20. The molecule has 0 bridgehead atoms. The van der Waals surface area contributed by atoms with Crippen LogP contribution in [-0.2, 0) is 4.79 Å². The zero-order chi connectivity index (χ0) is 13.2. The highest BCUT2D eigenvalue weighted by molar-refractivity contribution is 8.00. The van der Waals surface area contributed by atoms with Gasteiger partial charge in [-0.3, -0.25) is 4.79 Å². The van der Waals surface area contributed by atoms with Crippen molar-refractivity contribution in [3.05, 3.63) is 24.3 Å². The fourth-order valence-corrected chi connectivity index (χ4v) is 3.53. The average Bonchev–Trinajstić information content (AvgIpc) is 2.72. The predicted molar refractivity (Wildman–Crippen MR) is 71.0 cm³/mol. The second-order valence-electron chi connectivity index (χ2n) is 4.62. The van der Waals surface area contributed by atoms with E-state index in [1.165, 1.54) is 0 Å². The molecule has 2 rings (SSSR count). The van der Waals surface area contributed by atoms with Crippen molar-refractivity contribution in [2.75, 3.05) is 7.11 Å². The van der Waals surface area contributed by atoms with Gasteiger partial charge in [-0.25, -0.2) is 0 Å². The van der Waals surface area contributed by atoms with Crippen molar-refractivity contribution < 1.29 is 14.6 Å². The Balaban J connectivity index is 2.01. The molecule has 0 aliphatic heterocycles. The Labute approximate surface area is 111 Å². The number of carboxylic acids is 1. The van der Waals surface area contributed by atoms with E-state index in [-0.39, 0.29) is 5.25 Å². The predicted octanol–water partition coefficient (Wildman–Crippen LogP) is 2.12. The van der Waals surface area contributed by atoms with Crippen LogP contribution in [0.5, 0.6) is 5.75 Å². The van der Waals surface area contributed by atoms with Gasteiger partial charge < -0.3 is 15.6 Å². The first-order valence-electron chi connectivity index (χ1n) is 5.86. The van der Waals surface area contributed by atoms with Crippen molar-refractivity contribution in [3.8, 4) is 5.75 Å². The van der Waals surface area contributed by atoms with Crippen molar-refractivity contribution in [2.45, 2.75) is 34.9 Å². The summed E-state index contributed by atoms with van der Waals surface area (Å²) in [5.74, 6) is -0.0773. The first-order chi connectivity index (χ1) is 8.53. The normalized spacial score (nSPS) is 27.1. The minimum Gasteiger partial charge on any atom is -0.497 e. The highest BCUT2D eigenvalue weighted by atomic mass is 32.2. The quantitative estimate of drug-likeness (QED) is 0.874. The van der Waals surface area contributed by atoms with Crippen molar-refractivity contribution >= 4 is 17.7 Å². The number of nitrogens with two attached hydrogens (primary N) is 1. The zero-order valence-corrected chi connectivity index (χ0v) is 11.1. The van der Waals surface area contributed by atoms with Gasteiger partial charge in [0.15, 0.2) is 0 Å². The molecule has 3 N–H and O–H groups in total. The number of ether oxygens (including phenoxy) is 1. The first kappa shape index (κ1) is 13.2. The van der Waals surface area contributed by atoms with E-state index in [4.69, 9.17) is 15.6 Å². The smallest absolute Gasteiger partial charge is 0.323 e. The van der Waals surface area contributed by atoms with Crippen LogP contribution in [0, 0.1) is 0 Å². The number of thioether (sulfide) groups is 1. The summed E-state index contributed by atoms with van der Waals surface area (Å²) in [5, 5.41) is 9.35. The van der Waals surface area contributed by atoms with Crippen LogP contribution in [0.25, 0.3) is 0 Å². The minimum absolute atomic E-state index is 0.262. The number of hydrogen-bond donors (Lipinski definition) is 2. The number of hydrogen-bond acceptors (Lipinski definition) is 4. The Morgan fingerprint density at radius 3 is 3.00 bits per heavy atom. The van der Waals surface area contributed by atoms with E-state index in [1.807, 2.05) is 24.3 Å². The maximum absolute atomic E-state index is 11.1. The molecule has 1 saturated carbocycles. The first-order valence-corrected chi connectivity index (χ1v) is 6.74. The van der Waals surface area contributed by atoms with Crippen molar-refractivity contribution in [1.29, 1.82) is 0 Å². The number of carbonyl (C=O) groups is 1. The molecule has 18 heavy (non-hydrogen) atoms. The number of carboxylic acid groups (broad SMARTS) is 1. The van der Waals surface area contributed by atoms with Gasteiger partial charge in [-0.05, 0) is 37.5 Å². The summed E-state index contributed by atoms with van der Waals surface area (Å²) in [6.45, 7) is 0. The Bertz CT molecular complexity index is 452. The van der Waals surface area contributed by atoms with E-state index in [1.54, 1.807) is 18.9 Å². The van der Waals surface area contributed by atoms with E-state index < -0.39 is 11.5 Å². The van der Waals surface area contributed by atoms with E-state index >= 15 is 0 Å². The number of benzene rings is 1. The Hall–Kier alpha value is -1.20. The Morgan fingerprint density at radius 2 is 2.39 bits per heavy atom. The lowest BCUT2D eigenvalue weighted by molar-refractivity contribution is -0.143. The van der Waals surface area contributed by atoms with Gasteiger partial charge in [0.05, 0.1) is 7.11 Å². The molecule has 1 aromatic rings. The van der Waals surface area contributed by atoms with Gasteiger partial charge in [0.1, 0.15) is 11.3 Å². The van der Waals surface area contributed by atoms with E-state index in [9.17, 15) is 4.79 Å². The van der Waals surface area contributed by atoms with Gasteiger partial charge in [0.25, 0.3) is 0 Å². The standard InChI is InChI=1S/C13H17NO3S/c1-17-9-3-2-4-10(7-9)18-11-5-6-13(14,8-11)12(15)16/h2-4,7,11H,5-6,8,14H2,1H3,(H,15,16). The fourth-order valence-electron chi connectivity index (χ4n) is 2.19. The van der Waals surface area contributed by atoms with Crippen LogP contribution in [0.3, 0.4) is 0 Å². The van der Waals surface area contributed by atoms with Crippen molar-refractivity contribution in [2.24, 2.45) is 5.73 Å². The molecule has 0 radical (unpaired) electrons. The molecule has 4 nitrogen and oxygen atoms in total. The number of aliphatic carboxylic acids is 1. The third kappa shape index (κ3) is 2.79. The van der Waals surface area contributed by atoms with Gasteiger partial charge in [0.2, 0.25) is 0 Å². The molecule has 0 amide bonds. The molecule has 0 aromatic heterocycles. The molecule has 98 valence electrons. The van der Waals surface area contributed by atoms with Gasteiger partial charge in [-0.1, -0.05) is 6.07 Å². The summed E-state index contributed by atoms with van der Waals surface area (Å²) >= 11 is 1.68. The average molecular weight is 267 g/mol. The molecule has 0 heterocycles. The summed E-state index contributed by atoms with van der Waals surface area (Å²) in [4.78, 5) is 12.2. The summed E-state index contributed by atoms with van der Waals surface area (Å²) in [5.41, 5.74) is 4.82. The third-order valence-corrected chi connectivity index (χ3v) is 4.54. The molecule has 0 saturated heterocycles. The largest absolute Gasteiger partial charge is 0.497 e. The van der Waals surface area contributed by atoms with E-state index in [0.29, 0.717) is 12.8 Å². The maximum atomic E-state index is 11.1. The van der Waals surface area contributed by atoms with Crippen LogP contribution in [0.15, 0.2) is 29.2 Å². The van der Waals surface area contributed by atoms with Gasteiger partial charge >= 0.3 is 5.97 Å². The molecule has 1 aliphatic carbocycles. The van der Waals surface area contributed by atoms with Crippen molar-refractivity contribution in [1.82, 2.24) is 0 Å². The van der Waals surface area contributed by atoms with Crippen LogP contribution in [0.1, 0.15) is 19.3 Å². The minimum atomic E-state index is -1.05. The summed E-state index contributed by atoms with van der Waals surface area (Å²) in [6.07, 6.45) is 1.90. The maximum Gasteiger partial charge on any atom is 0.323 e. The topological polar surface area (TPSA) is 72.5 Å². The van der Waals surface area contributed by atoms with Crippen LogP contribution in [-0.4, -0.2) is 29.0 Å². The molecule has 0 spiro atoms. The molecule has 1 aromatic carbocycles. The Kier molecular flexibility index (Phi) is 3.82. The van der Waals surface area contributed by atoms with Crippen LogP contribution in [0.2, 0.25) is 0 Å². The molecule has 1 aliphatic rings. The summed E-state index contributed by atoms with van der Waals surface area (Å²) in [6, 6.07) is 7.79. The van der Waals surface area contributed by atoms with Gasteiger partial charge in [-0.15, -0.1) is 11.8 Å². The van der Waals surface area contributed by atoms with Gasteiger partial charge in [-0.2, -0.15) is 0 Å². The highest BCUT2D eigenvalue weighted by Crippen LogP contribution is 2.39. The van der Waals surface area contributed by atoms with E-state index in [2.05, 4.69) is 0 Å². The molecular weight excluding hydrogens is 250 g/mol. The third-order valence-electron chi connectivity index (χ3n) is 3.27. The van der Waals surface area contributed by atoms with Gasteiger partial charge in [0, 0.05) is 10.1 Å². The lowest BCUT2D eigenvalue weighted by Gasteiger charge is -2.18. The number of rotatable bonds is 4. The van der Waals surface area contributed by atoms with Crippen LogP contribution < -0.4 is 10.5 Å². The summed E-state index contributed by atoms with van der Waals surface area (Å²) in [7, 11) is 1.63. The molecule has 2 unspecified atom stereocenters. The van der Waals surface area contributed by atoms with Crippen LogP contribution >= 0.6 is 11.8 Å². The lowest BCUT2D eigenvalue weighted by Crippen LogP contribution is -2.45. The molecule has 1 fully saturated rings. The highest BCUT2D eigenvalue weighted by Gasteiger charge is 2.42. The SMILES string of the molecule is COc1cccc(SC2CCC(N)(C(=O)O)C2)c1. The molecule has 2 atom stereocenters. The zero-order valence-electron chi connectivity index (χ0n) is 10.3. The molecule has 5 heteroatoms. The fraction of sp³-hybridized carbons (Fsp3) is 0.462. The monoisotopic (exact) mass is 267 g/mol.